The number of hydrogen-bond acceptors (Lipinski definition) is 4. The maximum Gasteiger partial charge on any atom is 0.429 e. The third-order valence-corrected chi connectivity index (χ3v) is 3.34. The van der Waals surface area contributed by atoms with Crippen LogP contribution in [0.5, 0.6) is 0 Å². The number of benzene rings is 1. The molecule has 0 fully saturated rings. The quantitative estimate of drug-likeness (QED) is 0.805. The molecule has 16 heavy (non-hydrogen) atoms. The van der Waals surface area contributed by atoms with Gasteiger partial charge in [-0.2, -0.15) is 12.7 Å². The molecule has 0 radical (unpaired) electrons. The van der Waals surface area contributed by atoms with Crippen molar-refractivity contribution in [2.24, 2.45) is 0 Å². The van der Waals surface area contributed by atoms with Gasteiger partial charge in [0.1, 0.15) is 0 Å². The number of hydrogen-bond donors (Lipinski definition) is 1. The monoisotopic (exact) mass is 242 g/mol. The minimum absolute atomic E-state index is 0.118. The Hall–Kier alpha value is -1.76. The SMILES string of the molecule is CCOC(=O)N1c2ccccc2NS1(=O)=O. The molecular weight excluding hydrogens is 232 g/mol. The summed E-state index contributed by atoms with van der Waals surface area (Å²) in [6, 6.07) is 6.43. The zero-order valence-electron chi connectivity index (χ0n) is 8.50. The van der Waals surface area contributed by atoms with Gasteiger partial charge in [0.25, 0.3) is 0 Å². The van der Waals surface area contributed by atoms with Gasteiger partial charge in [0, 0.05) is 0 Å². The fraction of sp³-hybridized carbons (Fsp3) is 0.222. The average Bonchev–Trinajstić information content (AvgIpc) is 2.47. The van der Waals surface area contributed by atoms with Crippen molar-refractivity contribution in [2.45, 2.75) is 6.92 Å². The van der Waals surface area contributed by atoms with Crippen molar-refractivity contribution >= 4 is 27.7 Å². The maximum atomic E-state index is 11.6. The summed E-state index contributed by atoms with van der Waals surface area (Å²) in [5.74, 6) is 0. The molecule has 1 aliphatic rings. The first kappa shape index (κ1) is 10.7. The summed E-state index contributed by atoms with van der Waals surface area (Å²) < 4.78 is 30.9. The number of nitrogens with one attached hydrogen (secondary N) is 1. The Morgan fingerprint density at radius 2 is 2.12 bits per heavy atom. The number of carbonyl (C=O) groups is 1. The average molecular weight is 242 g/mol. The van der Waals surface area contributed by atoms with Crippen LogP contribution in [-0.2, 0) is 14.9 Å². The van der Waals surface area contributed by atoms with Crippen LogP contribution in [0.2, 0.25) is 0 Å². The van der Waals surface area contributed by atoms with E-state index in [9.17, 15) is 13.2 Å². The number of carbonyl (C=O) groups excluding carboxylic acids is 1. The lowest BCUT2D eigenvalue weighted by molar-refractivity contribution is 0.164. The van der Waals surface area contributed by atoms with Gasteiger partial charge in [-0.05, 0) is 19.1 Å². The van der Waals surface area contributed by atoms with E-state index in [2.05, 4.69) is 9.46 Å². The van der Waals surface area contributed by atoms with E-state index < -0.39 is 16.3 Å². The highest BCUT2D eigenvalue weighted by Crippen LogP contribution is 2.35. The van der Waals surface area contributed by atoms with Crippen molar-refractivity contribution in [3.8, 4) is 0 Å². The van der Waals surface area contributed by atoms with Gasteiger partial charge in [-0.1, -0.05) is 12.1 Å². The predicted octanol–water partition coefficient (Wildman–Crippen LogP) is 1.32. The van der Waals surface area contributed by atoms with Gasteiger partial charge in [0.05, 0.1) is 18.0 Å². The number of rotatable bonds is 1. The van der Waals surface area contributed by atoms with E-state index in [1.54, 1.807) is 25.1 Å². The Bertz CT molecular complexity index is 526. The topological polar surface area (TPSA) is 75.7 Å². The summed E-state index contributed by atoms with van der Waals surface area (Å²) in [4.78, 5) is 11.5. The summed E-state index contributed by atoms with van der Waals surface area (Å²) in [5, 5.41) is 0. The number of nitrogens with zero attached hydrogens (tertiary/aromatic N) is 1. The molecule has 0 atom stereocenters. The first-order chi connectivity index (χ1) is 7.56. The Balaban J connectivity index is 2.47. The van der Waals surface area contributed by atoms with E-state index in [0.717, 1.165) is 0 Å². The van der Waals surface area contributed by atoms with Gasteiger partial charge in [-0.3, -0.25) is 4.72 Å². The second kappa shape index (κ2) is 3.67. The van der Waals surface area contributed by atoms with E-state index >= 15 is 0 Å². The van der Waals surface area contributed by atoms with Crippen LogP contribution in [0.4, 0.5) is 16.2 Å². The lowest BCUT2D eigenvalue weighted by atomic mass is 10.3. The van der Waals surface area contributed by atoms with E-state index in [0.29, 0.717) is 9.99 Å². The Kier molecular flexibility index (Phi) is 2.47. The van der Waals surface area contributed by atoms with Gasteiger partial charge >= 0.3 is 16.3 Å². The number of amides is 1. The Morgan fingerprint density at radius 3 is 2.81 bits per heavy atom. The van der Waals surface area contributed by atoms with Gasteiger partial charge in [-0.15, -0.1) is 0 Å². The molecular formula is C9H10N2O4S. The van der Waals surface area contributed by atoms with Gasteiger partial charge in [0.15, 0.2) is 0 Å². The van der Waals surface area contributed by atoms with E-state index in [1.807, 2.05) is 0 Å². The minimum atomic E-state index is -3.86. The van der Waals surface area contributed by atoms with Crippen LogP contribution in [-0.4, -0.2) is 21.1 Å². The van der Waals surface area contributed by atoms with Gasteiger partial charge in [0.2, 0.25) is 0 Å². The lowest BCUT2D eigenvalue weighted by Crippen LogP contribution is -2.36. The van der Waals surface area contributed by atoms with Crippen LogP contribution >= 0.6 is 0 Å². The molecule has 0 saturated heterocycles. The molecule has 6 nitrogen and oxygen atoms in total. The number of anilines is 2. The molecule has 0 spiro atoms. The van der Waals surface area contributed by atoms with Crippen molar-refractivity contribution in [1.29, 1.82) is 0 Å². The van der Waals surface area contributed by atoms with Crippen LogP contribution in [0.15, 0.2) is 24.3 Å². The van der Waals surface area contributed by atoms with Crippen molar-refractivity contribution in [3.05, 3.63) is 24.3 Å². The fourth-order valence-electron chi connectivity index (χ4n) is 1.43. The van der Waals surface area contributed by atoms with Crippen LogP contribution in [0.1, 0.15) is 6.92 Å². The molecule has 86 valence electrons. The summed E-state index contributed by atoms with van der Waals surface area (Å²) in [7, 11) is -3.86. The first-order valence-electron chi connectivity index (χ1n) is 4.65. The molecule has 0 aliphatic carbocycles. The largest absolute Gasteiger partial charge is 0.449 e. The van der Waals surface area contributed by atoms with E-state index in [-0.39, 0.29) is 12.3 Å². The molecule has 1 aromatic rings. The standard InChI is InChI=1S/C9H10N2O4S/c1-2-15-9(12)11-8-6-4-3-5-7(8)10-16(11,13)14/h3-6,10H,2H2,1H3. The molecule has 0 bridgehead atoms. The maximum absolute atomic E-state index is 11.6. The zero-order chi connectivity index (χ0) is 11.8. The van der Waals surface area contributed by atoms with Crippen molar-refractivity contribution in [1.82, 2.24) is 0 Å². The lowest BCUT2D eigenvalue weighted by Gasteiger charge is -2.13. The number of ether oxygens (including phenoxy) is 1. The van der Waals surface area contributed by atoms with Gasteiger partial charge in [-0.25, -0.2) is 4.79 Å². The Labute approximate surface area is 93.0 Å². The highest BCUT2D eigenvalue weighted by atomic mass is 32.2. The molecule has 1 N–H and O–H groups in total. The zero-order valence-corrected chi connectivity index (χ0v) is 9.32. The molecule has 1 amide bonds. The smallest absolute Gasteiger partial charge is 0.429 e. The van der Waals surface area contributed by atoms with Crippen molar-refractivity contribution in [3.63, 3.8) is 0 Å². The van der Waals surface area contributed by atoms with Crippen molar-refractivity contribution in [2.75, 3.05) is 15.6 Å². The summed E-state index contributed by atoms with van der Waals surface area (Å²) in [6.45, 7) is 1.73. The molecule has 0 aromatic heterocycles. The number of fused-ring (bicyclic) bond motifs is 1. The van der Waals surface area contributed by atoms with Crippen LogP contribution < -0.4 is 9.03 Å². The highest BCUT2D eigenvalue weighted by Gasteiger charge is 2.38. The molecule has 1 heterocycles. The summed E-state index contributed by atoms with van der Waals surface area (Å²) >= 11 is 0. The van der Waals surface area contributed by atoms with Crippen LogP contribution in [0.3, 0.4) is 0 Å². The molecule has 2 rings (SSSR count). The normalized spacial score (nSPS) is 16.4. The highest BCUT2D eigenvalue weighted by molar-refractivity contribution is 7.95. The minimum Gasteiger partial charge on any atom is -0.449 e. The molecule has 1 aromatic carbocycles. The summed E-state index contributed by atoms with van der Waals surface area (Å²) in [5.41, 5.74) is 0.650. The molecule has 0 unspecified atom stereocenters. The molecule has 0 saturated carbocycles. The second-order valence-electron chi connectivity index (χ2n) is 3.09. The van der Waals surface area contributed by atoms with Gasteiger partial charge < -0.3 is 4.74 Å². The summed E-state index contributed by atoms with van der Waals surface area (Å²) in [6.07, 6.45) is -0.903. The van der Waals surface area contributed by atoms with Crippen molar-refractivity contribution < 1.29 is 17.9 Å². The first-order valence-corrected chi connectivity index (χ1v) is 6.09. The predicted molar refractivity (Wildman–Crippen MR) is 58.5 cm³/mol. The van der Waals surface area contributed by atoms with Crippen LogP contribution in [0.25, 0.3) is 0 Å². The third-order valence-electron chi connectivity index (χ3n) is 2.04. The fourth-order valence-corrected chi connectivity index (χ4v) is 2.64. The second-order valence-corrected chi connectivity index (χ2v) is 4.61. The molecule has 1 aliphatic heterocycles. The van der Waals surface area contributed by atoms with Crippen LogP contribution in [0, 0.1) is 0 Å². The Morgan fingerprint density at radius 1 is 1.44 bits per heavy atom. The third kappa shape index (κ3) is 1.58. The molecule has 7 heteroatoms. The van der Waals surface area contributed by atoms with E-state index in [4.69, 9.17) is 0 Å². The van der Waals surface area contributed by atoms with E-state index in [1.165, 1.54) is 6.07 Å². The number of para-hydroxylation sites is 2.